The Morgan fingerprint density at radius 3 is 2.65 bits per heavy atom. The molecule has 5 rings (SSSR count). The molecule has 2 aliphatic rings. The lowest BCUT2D eigenvalue weighted by atomic mass is 9.67. The van der Waals surface area contributed by atoms with Crippen molar-refractivity contribution in [2.24, 2.45) is 5.41 Å². The van der Waals surface area contributed by atoms with Crippen molar-refractivity contribution in [2.45, 2.75) is 58.1 Å². The number of benzene rings is 1. The molecule has 2 aromatic heterocycles. The molecule has 10 heteroatoms. The van der Waals surface area contributed by atoms with Crippen molar-refractivity contribution in [1.82, 2.24) is 14.8 Å². The highest BCUT2D eigenvalue weighted by Gasteiger charge is 2.57. The van der Waals surface area contributed by atoms with Crippen LogP contribution in [0.25, 0.3) is 22.2 Å². The molecule has 0 radical (unpaired) electrons. The van der Waals surface area contributed by atoms with Gasteiger partial charge in [0.15, 0.2) is 23.0 Å². The van der Waals surface area contributed by atoms with Crippen molar-refractivity contribution in [3.63, 3.8) is 0 Å². The van der Waals surface area contributed by atoms with E-state index in [4.69, 9.17) is 9.47 Å². The molecule has 1 fully saturated rings. The maximum absolute atomic E-state index is 13.5. The molecule has 0 unspecified atom stereocenters. The van der Waals surface area contributed by atoms with E-state index >= 15 is 0 Å². The first-order valence-electron chi connectivity index (χ1n) is 11.1. The van der Waals surface area contributed by atoms with E-state index in [9.17, 15) is 18.7 Å². The number of aliphatic hydroxyl groups is 1. The summed E-state index contributed by atoms with van der Waals surface area (Å²) in [6, 6.07) is 7.39. The Labute approximate surface area is 194 Å². The van der Waals surface area contributed by atoms with Crippen LogP contribution >= 0.6 is 0 Å². The SMILES string of the molecule is CC(C)(O)CCn1nc(NC(=O)C2(C)CC(F)(F)C2)c2cc(-c3ccc4c(c3)OCO4)cnc21. The van der Waals surface area contributed by atoms with Crippen LogP contribution in [0.15, 0.2) is 30.5 Å². The Balaban J connectivity index is 1.51. The molecule has 0 bridgehead atoms. The summed E-state index contributed by atoms with van der Waals surface area (Å²) >= 11 is 0. The number of fused-ring (bicyclic) bond motifs is 2. The van der Waals surface area contributed by atoms with E-state index in [-0.39, 0.29) is 12.6 Å². The largest absolute Gasteiger partial charge is 0.454 e. The van der Waals surface area contributed by atoms with Gasteiger partial charge in [0.2, 0.25) is 18.6 Å². The molecule has 2 N–H and O–H groups in total. The van der Waals surface area contributed by atoms with Crippen molar-refractivity contribution in [2.75, 3.05) is 12.1 Å². The number of aromatic nitrogens is 3. The number of ether oxygens (including phenoxy) is 2. The van der Waals surface area contributed by atoms with E-state index in [0.717, 1.165) is 11.1 Å². The first-order chi connectivity index (χ1) is 15.9. The molecule has 8 nitrogen and oxygen atoms in total. The average Bonchev–Trinajstić information content (AvgIpc) is 3.34. The number of rotatable bonds is 6. The van der Waals surface area contributed by atoms with E-state index in [1.807, 2.05) is 24.3 Å². The second-order valence-corrected chi connectivity index (χ2v) is 10.0. The van der Waals surface area contributed by atoms with Crippen molar-refractivity contribution < 1.29 is 28.2 Å². The molecule has 0 saturated heterocycles. The molecule has 34 heavy (non-hydrogen) atoms. The lowest BCUT2D eigenvalue weighted by molar-refractivity contribution is -0.170. The number of nitrogens with one attached hydrogen (secondary N) is 1. The predicted octanol–water partition coefficient (Wildman–Crippen LogP) is 4.36. The lowest BCUT2D eigenvalue weighted by Crippen LogP contribution is -2.51. The third-order valence-corrected chi connectivity index (χ3v) is 6.31. The van der Waals surface area contributed by atoms with Gasteiger partial charge in [0.25, 0.3) is 0 Å². The van der Waals surface area contributed by atoms with Crippen molar-refractivity contribution in [3.05, 3.63) is 30.5 Å². The van der Waals surface area contributed by atoms with Gasteiger partial charge in [-0.15, -0.1) is 0 Å². The van der Waals surface area contributed by atoms with Crippen molar-refractivity contribution in [1.29, 1.82) is 0 Å². The molecule has 3 aromatic rings. The van der Waals surface area contributed by atoms with Crippen molar-refractivity contribution in [3.8, 4) is 22.6 Å². The van der Waals surface area contributed by atoms with Gasteiger partial charge in [-0.25, -0.2) is 18.4 Å². The highest BCUT2D eigenvalue weighted by atomic mass is 19.3. The van der Waals surface area contributed by atoms with Crippen LogP contribution in [-0.4, -0.2) is 44.1 Å². The van der Waals surface area contributed by atoms with Crippen LogP contribution in [0.1, 0.15) is 40.0 Å². The number of alkyl halides is 2. The Hall–Kier alpha value is -3.27. The number of hydrogen-bond donors (Lipinski definition) is 2. The lowest BCUT2D eigenvalue weighted by Gasteiger charge is -2.43. The van der Waals surface area contributed by atoms with Crippen LogP contribution in [0.4, 0.5) is 14.6 Å². The molecule has 0 atom stereocenters. The van der Waals surface area contributed by atoms with Gasteiger partial charge in [-0.2, -0.15) is 5.10 Å². The van der Waals surface area contributed by atoms with Crippen LogP contribution in [0.3, 0.4) is 0 Å². The minimum absolute atomic E-state index is 0.165. The number of pyridine rings is 1. The van der Waals surface area contributed by atoms with Gasteiger partial charge in [-0.3, -0.25) is 4.79 Å². The minimum atomic E-state index is -2.83. The summed E-state index contributed by atoms with van der Waals surface area (Å²) in [6.45, 7) is 5.46. The Bertz CT molecular complexity index is 1270. The third-order valence-electron chi connectivity index (χ3n) is 6.31. The fourth-order valence-corrected chi connectivity index (χ4v) is 4.43. The fraction of sp³-hybridized carbons (Fsp3) is 0.458. The molecule has 1 amide bonds. The molecule has 3 heterocycles. The second-order valence-electron chi connectivity index (χ2n) is 10.0. The molecule has 180 valence electrons. The highest BCUT2D eigenvalue weighted by Crippen LogP contribution is 2.52. The predicted molar refractivity (Wildman–Crippen MR) is 121 cm³/mol. The van der Waals surface area contributed by atoms with Crippen LogP contribution in [0, 0.1) is 5.41 Å². The second kappa shape index (κ2) is 7.63. The average molecular weight is 472 g/mol. The highest BCUT2D eigenvalue weighted by molar-refractivity contribution is 6.02. The van der Waals surface area contributed by atoms with Gasteiger partial charge < -0.3 is 19.9 Å². The number of nitrogens with zero attached hydrogens (tertiary/aromatic N) is 3. The monoisotopic (exact) mass is 472 g/mol. The standard InChI is InChI=1S/C24H26F2N4O4/c1-22(2,32)6-7-30-20-16(19(29-30)28-21(31)23(3)11-24(25,26)12-23)8-15(10-27-20)14-4-5-17-18(9-14)34-13-33-17/h4-5,8-10,32H,6-7,11-13H2,1-3H3,(H,28,29,31). The van der Waals surface area contributed by atoms with Gasteiger partial charge in [0.1, 0.15) is 0 Å². The van der Waals surface area contributed by atoms with Gasteiger partial charge >= 0.3 is 0 Å². The molecular weight excluding hydrogens is 446 g/mol. The van der Waals surface area contributed by atoms with Gasteiger partial charge in [-0.05, 0) is 44.0 Å². The summed E-state index contributed by atoms with van der Waals surface area (Å²) in [5.74, 6) is -1.78. The zero-order valence-corrected chi connectivity index (χ0v) is 19.2. The normalized spacial score (nSPS) is 18.1. The van der Waals surface area contributed by atoms with Crippen LogP contribution < -0.4 is 14.8 Å². The maximum atomic E-state index is 13.5. The Kier molecular flexibility index (Phi) is 5.05. The summed E-state index contributed by atoms with van der Waals surface area (Å²) in [4.78, 5) is 17.4. The first-order valence-corrected chi connectivity index (χ1v) is 11.1. The fourth-order valence-electron chi connectivity index (χ4n) is 4.43. The molecule has 1 aliphatic heterocycles. The summed E-state index contributed by atoms with van der Waals surface area (Å²) in [5, 5.41) is 18.0. The number of amides is 1. The van der Waals surface area contributed by atoms with Gasteiger partial charge in [-0.1, -0.05) is 13.0 Å². The topological polar surface area (TPSA) is 98.5 Å². The maximum Gasteiger partial charge on any atom is 0.250 e. The summed E-state index contributed by atoms with van der Waals surface area (Å²) in [6.07, 6.45) is 1.11. The summed E-state index contributed by atoms with van der Waals surface area (Å²) in [5.41, 5.74) is 0.0531. The number of anilines is 1. The Morgan fingerprint density at radius 2 is 1.94 bits per heavy atom. The quantitative estimate of drug-likeness (QED) is 0.553. The number of carbonyl (C=O) groups excluding carboxylic acids is 1. The van der Waals surface area contributed by atoms with Gasteiger partial charge in [0, 0.05) is 31.1 Å². The van der Waals surface area contributed by atoms with Crippen LogP contribution in [0.5, 0.6) is 11.5 Å². The molecule has 1 saturated carbocycles. The number of hydrogen-bond acceptors (Lipinski definition) is 6. The van der Waals surface area contributed by atoms with Crippen LogP contribution in [0.2, 0.25) is 0 Å². The van der Waals surface area contributed by atoms with E-state index in [1.165, 1.54) is 6.92 Å². The zero-order chi connectivity index (χ0) is 24.3. The Morgan fingerprint density at radius 1 is 1.21 bits per heavy atom. The molecule has 1 aromatic carbocycles. The van der Waals surface area contributed by atoms with E-state index in [1.54, 1.807) is 24.7 Å². The van der Waals surface area contributed by atoms with E-state index in [2.05, 4.69) is 15.4 Å². The molecule has 0 spiro atoms. The zero-order valence-electron chi connectivity index (χ0n) is 19.2. The third kappa shape index (κ3) is 4.18. The number of halogens is 2. The van der Waals surface area contributed by atoms with Gasteiger partial charge in [0.05, 0.1) is 16.4 Å². The smallest absolute Gasteiger partial charge is 0.250 e. The summed E-state index contributed by atoms with van der Waals surface area (Å²) in [7, 11) is 0. The first kappa shape index (κ1) is 22.5. The molecule has 1 aliphatic carbocycles. The number of carbonyl (C=O) groups is 1. The van der Waals surface area contributed by atoms with E-state index in [0.29, 0.717) is 35.5 Å². The van der Waals surface area contributed by atoms with Crippen molar-refractivity contribution >= 4 is 22.8 Å². The number of aryl methyl sites for hydroxylation is 1. The molecular formula is C24H26F2N4O4. The minimum Gasteiger partial charge on any atom is -0.454 e. The summed E-state index contributed by atoms with van der Waals surface area (Å²) < 4.78 is 39.4. The van der Waals surface area contributed by atoms with E-state index < -0.39 is 35.7 Å². The van der Waals surface area contributed by atoms with Crippen LogP contribution in [-0.2, 0) is 11.3 Å².